The van der Waals surface area contributed by atoms with E-state index in [4.69, 9.17) is 0 Å². The van der Waals surface area contributed by atoms with Gasteiger partial charge in [0, 0.05) is 11.6 Å². The fourth-order valence-corrected chi connectivity index (χ4v) is 0.921. The molecule has 14 heavy (non-hydrogen) atoms. The van der Waals surface area contributed by atoms with Gasteiger partial charge in [-0.1, -0.05) is 0 Å². The van der Waals surface area contributed by atoms with Crippen LogP contribution in [0.5, 0.6) is 5.88 Å². The summed E-state index contributed by atoms with van der Waals surface area (Å²) in [5, 5.41) is 0. The SMILES string of the molecule is COc1cc(C(F)F)c(C=O)c(F)n1. The van der Waals surface area contributed by atoms with Crippen LogP contribution in [-0.4, -0.2) is 18.4 Å². The fourth-order valence-electron chi connectivity index (χ4n) is 0.921. The van der Waals surface area contributed by atoms with Gasteiger partial charge in [0.2, 0.25) is 11.8 Å². The van der Waals surface area contributed by atoms with Crippen molar-refractivity contribution in [1.82, 2.24) is 4.98 Å². The van der Waals surface area contributed by atoms with Crippen LogP contribution in [0.1, 0.15) is 22.3 Å². The van der Waals surface area contributed by atoms with Crippen LogP contribution in [0.25, 0.3) is 0 Å². The number of aromatic nitrogens is 1. The van der Waals surface area contributed by atoms with Crippen molar-refractivity contribution in [2.24, 2.45) is 0 Å². The van der Waals surface area contributed by atoms with E-state index < -0.39 is 23.5 Å². The summed E-state index contributed by atoms with van der Waals surface area (Å²) in [5.74, 6) is -1.54. The molecular weight excluding hydrogens is 199 g/mol. The smallest absolute Gasteiger partial charge is 0.264 e. The molecule has 0 aliphatic heterocycles. The van der Waals surface area contributed by atoms with E-state index in [0.717, 1.165) is 13.2 Å². The first-order valence-corrected chi connectivity index (χ1v) is 3.58. The fraction of sp³-hybridized carbons (Fsp3) is 0.250. The third-order valence-electron chi connectivity index (χ3n) is 1.58. The lowest BCUT2D eigenvalue weighted by Crippen LogP contribution is -2.02. The summed E-state index contributed by atoms with van der Waals surface area (Å²) in [7, 11) is 1.16. The van der Waals surface area contributed by atoms with Gasteiger partial charge in [-0.3, -0.25) is 4.79 Å². The third-order valence-corrected chi connectivity index (χ3v) is 1.58. The first-order chi connectivity index (χ1) is 6.60. The molecular formula is C8H6F3NO2. The minimum absolute atomic E-state index is 0.00324. The predicted molar refractivity (Wildman–Crippen MR) is 41.1 cm³/mol. The second-order valence-electron chi connectivity index (χ2n) is 2.38. The Hall–Kier alpha value is -1.59. The molecule has 1 heterocycles. The van der Waals surface area contributed by atoms with E-state index in [1.54, 1.807) is 0 Å². The first-order valence-electron chi connectivity index (χ1n) is 3.58. The van der Waals surface area contributed by atoms with E-state index in [1.807, 2.05) is 0 Å². The summed E-state index contributed by atoms with van der Waals surface area (Å²) in [6.45, 7) is 0. The molecule has 76 valence electrons. The molecule has 0 bridgehead atoms. The number of rotatable bonds is 3. The standard InChI is InChI=1S/C8H6F3NO2/c1-14-6-2-4(7(9)10)5(3-13)8(11)12-6/h2-3,7H,1H3. The molecule has 0 N–H and O–H groups in total. The van der Waals surface area contributed by atoms with Crippen LogP contribution in [-0.2, 0) is 0 Å². The zero-order valence-electron chi connectivity index (χ0n) is 7.13. The molecule has 3 nitrogen and oxygen atoms in total. The van der Waals surface area contributed by atoms with E-state index >= 15 is 0 Å². The lowest BCUT2D eigenvalue weighted by molar-refractivity contribution is 0.110. The average molecular weight is 205 g/mol. The summed E-state index contributed by atoms with van der Waals surface area (Å²) in [5.41, 5.74) is -1.45. The lowest BCUT2D eigenvalue weighted by Gasteiger charge is -2.06. The largest absolute Gasteiger partial charge is 0.481 e. The van der Waals surface area contributed by atoms with Crippen LogP contribution in [0.2, 0.25) is 0 Å². The molecule has 0 atom stereocenters. The molecule has 1 aromatic rings. The minimum Gasteiger partial charge on any atom is -0.481 e. The summed E-state index contributed by atoms with van der Waals surface area (Å²) in [6, 6.07) is 0.831. The number of carbonyl (C=O) groups is 1. The minimum atomic E-state index is -2.94. The van der Waals surface area contributed by atoms with Gasteiger partial charge in [-0.15, -0.1) is 0 Å². The quantitative estimate of drug-likeness (QED) is 0.559. The summed E-state index contributed by atoms with van der Waals surface area (Å²) >= 11 is 0. The summed E-state index contributed by atoms with van der Waals surface area (Å²) < 4.78 is 42.0. The highest BCUT2D eigenvalue weighted by Crippen LogP contribution is 2.26. The molecule has 1 rings (SSSR count). The van der Waals surface area contributed by atoms with Gasteiger partial charge in [0.25, 0.3) is 6.43 Å². The van der Waals surface area contributed by atoms with Gasteiger partial charge in [-0.25, -0.2) is 8.78 Å². The molecule has 0 aliphatic rings. The van der Waals surface area contributed by atoms with Crippen molar-refractivity contribution in [2.45, 2.75) is 6.43 Å². The second-order valence-corrected chi connectivity index (χ2v) is 2.38. The molecule has 0 fully saturated rings. The third kappa shape index (κ3) is 1.84. The van der Waals surface area contributed by atoms with E-state index in [9.17, 15) is 18.0 Å². The van der Waals surface area contributed by atoms with Crippen LogP contribution in [0.15, 0.2) is 6.07 Å². The number of alkyl halides is 2. The Kier molecular flexibility index (Phi) is 3.06. The predicted octanol–water partition coefficient (Wildman–Crippen LogP) is 1.98. The van der Waals surface area contributed by atoms with Gasteiger partial charge in [0.15, 0.2) is 6.29 Å². The summed E-state index contributed by atoms with van der Waals surface area (Å²) in [4.78, 5) is 13.5. The van der Waals surface area contributed by atoms with E-state index in [0.29, 0.717) is 0 Å². The van der Waals surface area contributed by atoms with Crippen LogP contribution in [0.3, 0.4) is 0 Å². The molecule has 0 radical (unpaired) electrons. The number of ether oxygens (including phenoxy) is 1. The summed E-state index contributed by atoms with van der Waals surface area (Å²) in [6.07, 6.45) is -2.94. The van der Waals surface area contributed by atoms with Crippen molar-refractivity contribution in [3.8, 4) is 5.88 Å². The Balaban J connectivity index is 3.35. The zero-order chi connectivity index (χ0) is 10.7. The van der Waals surface area contributed by atoms with Gasteiger partial charge in [0.05, 0.1) is 12.7 Å². The average Bonchev–Trinajstić information content (AvgIpc) is 2.16. The number of hydrogen-bond acceptors (Lipinski definition) is 3. The number of pyridine rings is 1. The molecule has 0 spiro atoms. The van der Waals surface area contributed by atoms with Crippen LogP contribution >= 0.6 is 0 Å². The number of nitrogens with zero attached hydrogens (tertiary/aromatic N) is 1. The highest BCUT2D eigenvalue weighted by atomic mass is 19.3. The van der Waals surface area contributed by atoms with Gasteiger partial charge < -0.3 is 4.74 Å². The van der Waals surface area contributed by atoms with Crippen molar-refractivity contribution in [3.63, 3.8) is 0 Å². The van der Waals surface area contributed by atoms with E-state index in [-0.39, 0.29) is 12.2 Å². The molecule has 0 aliphatic carbocycles. The molecule has 0 saturated heterocycles. The topological polar surface area (TPSA) is 39.2 Å². The Bertz CT molecular complexity index is 355. The Labute approximate surface area is 77.5 Å². The Morgan fingerprint density at radius 3 is 2.64 bits per heavy atom. The van der Waals surface area contributed by atoms with Crippen LogP contribution in [0, 0.1) is 5.95 Å². The van der Waals surface area contributed by atoms with Gasteiger partial charge in [-0.05, 0) is 0 Å². The maximum Gasteiger partial charge on any atom is 0.264 e. The molecule has 0 amide bonds. The molecule has 0 aromatic carbocycles. The number of carbonyl (C=O) groups excluding carboxylic acids is 1. The van der Waals surface area contributed by atoms with Gasteiger partial charge in [-0.2, -0.15) is 9.37 Å². The van der Waals surface area contributed by atoms with Crippen molar-refractivity contribution < 1.29 is 22.7 Å². The zero-order valence-corrected chi connectivity index (χ0v) is 7.13. The maximum absolute atomic E-state index is 12.9. The van der Waals surface area contributed by atoms with Crippen molar-refractivity contribution >= 4 is 6.29 Å². The first kappa shape index (κ1) is 10.5. The van der Waals surface area contributed by atoms with E-state index in [1.165, 1.54) is 0 Å². The van der Waals surface area contributed by atoms with E-state index in [2.05, 4.69) is 9.72 Å². The van der Waals surface area contributed by atoms with Gasteiger partial charge in [0.1, 0.15) is 0 Å². The normalized spacial score (nSPS) is 10.4. The molecule has 1 aromatic heterocycles. The Morgan fingerprint density at radius 2 is 2.21 bits per heavy atom. The molecule has 0 unspecified atom stereocenters. The number of aldehydes is 1. The lowest BCUT2D eigenvalue weighted by atomic mass is 10.1. The monoisotopic (exact) mass is 205 g/mol. The van der Waals surface area contributed by atoms with Crippen molar-refractivity contribution in [1.29, 1.82) is 0 Å². The highest BCUT2D eigenvalue weighted by molar-refractivity contribution is 5.77. The van der Waals surface area contributed by atoms with Crippen molar-refractivity contribution in [2.75, 3.05) is 7.11 Å². The molecule has 0 saturated carbocycles. The Morgan fingerprint density at radius 1 is 1.57 bits per heavy atom. The maximum atomic E-state index is 12.9. The number of halogens is 3. The number of hydrogen-bond donors (Lipinski definition) is 0. The molecule has 6 heteroatoms. The number of methoxy groups -OCH3 is 1. The van der Waals surface area contributed by atoms with Crippen molar-refractivity contribution in [3.05, 3.63) is 23.1 Å². The van der Waals surface area contributed by atoms with Gasteiger partial charge >= 0.3 is 0 Å². The van der Waals surface area contributed by atoms with Crippen LogP contribution < -0.4 is 4.74 Å². The van der Waals surface area contributed by atoms with Crippen LogP contribution in [0.4, 0.5) is 13.2 Å². The highest BCUT2D eigenvalue weighted by Gasteiger charge is 2.19. The second kappa shape index (κ2) is 4.08.